The van der Waals surface area contributed by atoms with Crippen LogP contribution in [0.15, 0.2) is 64.7 Å². The molecule has 1 saturated carbocycles. The smallest absolute Gasteiger partial charge is 0.507 e. The predicted octanol–water partition coefficient (Wildman–Crippen LogP) is 10.00. The minimum absolute atomic E-state index is 0.0145. The van der Waals surface area contributed by atoms with E-state index in [0.717, 1.165) is 54.6 Å². The van der Waals surface area contributed by atoms with Crippen molar-refractivity contribution in [1.82, 2.24) is 15.0 Å². The summed E-state index contributed by atoms with van der Waals surface area (Å²) >= 11 is 0. The molecule has 13 heteroatoms. The molecule has 2 fully saturated rings. The molecule has 8 rings (SSSR count). The van der Waals surface area contributed by atoms with Gasteiger partial charge < -0.3 is 28.3 Å². The maximum Gasteiger partial charge on any atom is 0.514 e. The quantitative estimate of drug-likeness (QED) is 0.0741. The van der Waals surface area contributed by atoms with Crippen molar-refractivity contribution in [2.45, 2.75) is 122 Å². The number of piperidine rings is 1. The van der Waals surface area contributed by atoms with Gasteiger partial charge in [-0.3, -0.25) is 19.4 Å². The van der Waals surface area contributed by atoms with Crippen LogP contribution in [-0.2, 0) is 33.5 Å². The molecule has 12 nitrogen and oxygen atoms in total. The first-order chi connectivity index (χ1) is 29.2. The van der Waals surface area contributed by atoms with Crippen LogP contribution >= 0.6 is 0 Å². The van der Waals surface area contributed by atoms with Gasteiger partial charge in [-0.15, -0.1) is 0 Å². The second kappa shape index (κ2) is 16.1. The molecule has 1 aliphatic heterocycles. The zero-order chi connectivity index (χ0) is 44.5. The van der Waals surface area contributed by atoms with Crippen LogP contribution in [0.25, 0.3) is 16.5 Å². The molecule has 1 N–H and O–H groups in total. The second-order valence-corrected chi connectivity index (χ2v) is 25.1. The van der Waals surface area contributed by atoms with Crippen LogP contribution < -0.4 is 9.47 Å². The number of hydrogen-bond donors (Lipinski definition) is 1. The highest BCUT2D eigenvalue weighted by Crippen LogP contribution is 2.59. The van der Waals surface area contributed by atoms with Crippen molar-refractivity contribution in [3.63, 3.8) is 0 Å². The molecule has 1 saturated heterocycles. The molecule has 0 amide bonds. The number of rotatable bonds is 9. The van der Waals surface area contributed by atoms with E-state index < -0.39 is 60.2 Å². The standard InChI is InChI=1S/C49H61N3O9Si/c1-47(2,3)59-46(56)58-41-34-23-30(27-52-21-15-12-16-22-52)19-20-31(34)24-32-25-33-26-35-39(51(7)8)42-38(45(50-60-42)57-28-29-17-13-11-14-18-29)44(55)49(35,61-62(9,10)48(4,5)6)43(54)37(33)40(53)36(32)41/h11,13-14,17-20,23-24,33,35,39,53H,12,15-16,21-22,25-28H2,1-10H3/t33-,35-,39-,49-/m0/s1. The number of Topliss-reactive ketones (excluding diaryl/α,β-unsaturated/α-hetero) is 2. The van der Waals surface area contributed by atoms with Crippen molar-refractivity contribution >= 4 is 42.6 Å². The van der Waals surface area contributed by atoms with Gasteiger partial charge in [0.1, 0.15) is 23.5 Å². The highest BCUT2D eigenvalue weighted by atomic mass is 28.4. The summed E-state index contributed by atoms with van der Waals surface area (Å²) in [5, 5.41) is 18.1. The molecule has 0 bridgehead atoms. The number of carbonyl (C=O) groups excluding carboxylic acids is 3. The molecule has 4 aromatic rings. The van der Waals surface area contributed by atoms with E-state index in [1.54, 1.807) is 20.8 Å². The fourth-order valence-electron chi connectivity index (χ4n) is 9.68. The van der Waals surface area contributed by atoms with Crippen LogP contribution in [0.2, 0.25) is 18.1 Å². The predicted molar refractivity (Wildman–Crippen MR) is 239 cm³/mol. The number of fused-ring (bicyclic) bond motifs is 5. The number of nitrogens with zero attached hydrogens (tertiary/aromatic N) is 3. The van der Waals surface area contributed by atoms with E-state index in [1.165, 1.54) is 6.42 Å². The Hall–Kier alpha value is -4.82. The average molecular weight is 864 g/mol. The van der Waals surface area contributed by atoms with Crippen LogP contribution in [0.1, 0.15) is 112 Å². The normalized spacial score (nSPS) is 23.2. The van der Waals surface area contributed by atoms with E-state index in [1.807, 2.05) is 80.6 Å². The van der Waals surface area contributed by atoms with Crippen molar-refractivity contribution in [3.05, 3.63) is 93.7 Å². The number of aromatic nitrogens is 1. The minimum Gasteiger partial charge on any atom is -0.507 e. The summed E-state index contributed by atoms with van der Waals surface area (Å²) in [4.78, 5) is 49.7. The van der Waals surface area contributed by atoms with E-state index in [2.05, 4.69) is 36.9 Å². The zero-order valence-electron chi connectivity index (χ0n) is 37.8. The maximum atomic E-state index is 16.0. The van der Waals surface area contributed by atoms with Crippen LogP contribution in [0, 0.1) is 11.8 Å². The van der Waals surface area contributed by atoms with Gasteiger partial charge in [0.05, 0.1) is 11.6 Å². The Morgan fingerprint density at radius 2 is 1.66 bits per heavy atom. The van der Waals surface area contributed by atoms with Gasteiger partial charge in [-0.2, -0.15) is 0 Å². The zero-order valence-corrected chi connectivity index (χ0v) is 38.8. The van der Waals surface area contributed by atoms with Crippen LogP contribution in [-0.4, -0.2) is 84.5 Å². The molecular weight excluding hydrogens is 803 g/mol. The Bertz CT molecular complexity index is 2440. The average Bonchev–Trinajstić information content (AvgIpc) is 3.61. The van der Waals surface area contributed by atoms with Crippen molar-refractivity contribution in [2.24, 2.45) is 11.8 Å². The molecule has 3 aromatic carbocycles. The molecule has 0 unspecified atom stereocenters. The maximum absolute atomic E-state index is 16.0. The molecule has 4 aliphatic rings. The van der Waals surface area contributed by atoms with Crippen LogP contribution in [0.3, 0.4) is 0 Å². The Labute approximate surface area is 365 Å². The minimum atomic E-state index is -2.96. The number of aliphatic hydroxyl groups is 1. The Morgan fingerprint density at radius 1 is 0.952 bits per heavy atom. The lowest BCUT2D eigenvalue weighted by Gasteiger charge is -2.55. The van der Waals surface area contributed by atoms with Gasteiger partial charge in [0.15, 0.2) is 25.4 Å². The van der Waals surface area contributed by atoms with Gasteiger partial charge in [-0.25, -0.2) is 4.79 Å². The second-order valence-electron chi connectivity index (χ2n) is 20.4. The van der Waals surface area contributed by atoms with Gasteiger partial charge >= 0.3 is 6.16 Å². The number of hydrogen-bond acceptors (Lipinski definition) is 12. The highest BCUT2D eigenvalue weighted by Gasteiger charge is 2.69. The Kier molecular flexibility index (Phi) is 11.4. The summed E-state index contributed by atoms with van der Waals surface area (Å²) in [6.45, 7) is 18.4. The molecule has 0 radical (unpaired) electrons. The third-order valence-corrected chi connectivity index (χ3v) is 18.0. The summed E-state index contributed by atoms with van der Waals surface area (Å²) in [5.74, 6) is -2.32. The number of benzene rings is 3. The first-order valence-corrected chi connectivity index (χ1v) is 24.9. The molecule has 4 atom stereocenters. The third-order valence-electron chi connectivity index (χ3n) is 13.6. The first-order valence-electron chi connectivity index (χ1n) is 22.0. The molecular formula is C49H61N3O9Si. The number of carbonyl (C=O) groups is 3. The van der Waals surface area contributed by atoms with Gasteiger partial charge in [-0.1, -0.05) is 75.7 Å². The fourth-order valence-corrected chi connectivity index (χ4v) is 11.1. The SMILES string of the molecule is CN(C)[C@@H]1c2onc(OCc3ccccc3)c2C(=O)[C@@]2(O[Si](C)(C)C(C)(C)C)C(=O)C3=C(O)c4c(cc5ccc(CN6CCCCC6)cc5c4OC(=O)OC(C)(C)C)C[C@H]3C[C@@H]12. The molecule has 62 heavy (non-hydrogen) atoms. The Morgan fingerprint density at radius 3 is 2.32 bits per heavy atom. The fraction of sp³-hybridized carbons (Fsp3) is 0.510. The molecule has 3 aliphatic carbocycles. The largest absolute Gasteiger partial charge is 0.514 e. The number of ether oxygens (including phenoxy) is 3. The van der Waals surface area contributed by atoms with Gasteiger partial charge in [-0.05, 0) is 131 Å². The highest BCUT2D eigenvalue weighted by molar-refractivity contribution is 6.74. The van der Waals surface area contributed by atoms with E-state index in [4.69, 9.17) is 23.2 Å². The van der Waals surface area contributed by atoms with E-state index in [-0.39, 0.29) is 40.7 Å². The van der Waals surface area contributed by atoms with Crippen molar-refractivity contribution in [2.75, 3.05) is 27.2 Å². The first kappa shape index (κ1) is 43.8. The summed E-state index contributed by atoms with van der Waals surface area (Å²) < 4.78 is 31.4. The van der Waals surface area contributed by atoms with Crippen molar-refractivity contribution in [1.29, 1.82) is 0 Å². The van der Waals surface area contributed by atoms with Crippen LogP contribution in [0.5, 0.6) is 11.6 Å². The molecule has 330 valence electrons. The molecule has 2 heterocycles. The number of aliphatic hydroxyl groups excluding tert-OH is 1. The van der Waals surface area contributed by atoms with Gasteiger partial charge in [0.25, 0.3) is 5.88 Å². The topological polar surface area (TPSA) is 141 Å². The summed E-state index contributed by atoms with van der Waals surface area (Å²) in [6, 6.07) is 17.1. The van der Waals surface area contributed by atoms with Gasteiger partial charge in [0, 0.05) is 23.4 Å². The summed E-state index contributed by atoms with van der Waals surface area (Å²) in [6.07, 6.45) is 3.22. The van der Waals surface area contributed by atoms with Crippen molar-refractivity contribution < 1.29 is 42.6 Å². The third kappa shape index (κ3) is 7.79. The van der Waals surface area contributed by atoms with Gasteiger partial charge in [0.2, 0.25) is 11.6 Å². The van der Waals surface area contributed by atoms with E-state index in [9.17, 15) is 9.90 Å². The lowest BCUT2D eigenvalue weighted by Crippen LogP contribution is -2.68. The Balaban J connectivity index is 1.31. The van der Waals surface area contributed by atoms with Crippen LogP contribution in [0.4, 0.5) is 4.79 Å². The lowest BCUT2D eigenvalue weighted by atomic mass is 9.57. The van der Waals surface area contributed by atoms with E-state index in [0.29, 0.717) is 24.0 Å². The number of likely N-dealkylation sites (tertiary alicyclic amines) is 1. The number of ketones is 2. The molecule has 1 aromatic heterocycles. The van der Waals surface area contributed by atoms with Crippen molar-refractivity contribution in [3.8, 4) is 11.6 Å². The lowest BCUT2D eigenvalue weighted by molar-refractivity contribution is -0.140. The summed E-state index contributed by atoms with van der Waals surface area (Å²) in [5.41, 5.74) is 0.0877. The monoisotopic (exact) mass is 863 g/mol. The summed E-state index contributed by atoms with van der Waals surface area (Å²) in [7, 11) is 0.825. The molecule has 0 spiro atoms. The van der Waals surface area contributed by atoms with E-state index >= 15 is 9.59 Å².